The van der Waals surface area contributed by atoms with Crippen molar-refractivity contribution in [3.05, 3.63) is 16.9 Å². The zero-order valence-electron chi connectivity index (χ0n) is 11.2. The van der Waals surface area contributed by atoms with Crippen LogP contribution in [-0.4, -0.2) is 40.7 Å². The normalized spacial score (nSPS) is 23.4. The van der Waals surface area contributed by atoms with Crippen LogP contribution in [0.1, 0.15) is 26.8 Å². The largest absolute Gasteiger partial charge is 0.444 e. The number of alkyl carbamates (subject to hydrolysis) is 1. The predicted octanol–water partition coefficient (Wildman–Crippen LogP) is 2.11. The number of rotatable bonds is 2. The molecular formula is C12H18BrN3O3. The number of amides is 1. The number of halogens is 1. The van der Waals surface area contributed by atoms with E-state index in [1.807, 2.05) is 27.0 Å². The highest BCUT2D eigenvalue weighted by molar-refractivity contribution is 9.10. The summed E-state index contributed by atoms with van der Waals surface area (Å²) in [4.78, 5) is 11.8. The van der Waals surface area contributed by atoms with E-state index < -0.39 is 11.7 Å². The minimum atomic E-state index is -0.506. The summed E-state index contributed by atoms with van der Waals surface area (Å²) in [6, 6.07) is -0.152. The SMILES string of the molecule is CC(C)(C)OC(=O)N[C@@H]1COC[C@@H]1n1cc(Br)cn1. The molecule has 1 aliphatic heterocycles. The Morgan fingerprint density at radius 3 is 2.89 bits per heavy atom. The first-order valence-corrected chi connectivity index (χ1v) is 6.91. The van der Waals surface area contributed by atoms with E-state index in [-0.39, 0.29) is 12.1 Å². The van der Waals surface area contributed by atoms with Gasteiger partial charge in [0.2, 0.25) is 0 Å². The maximum Gasteiger partial charge on any atom is 0.408 e. The number of hydrogen-bond acceptors (Lipinski definition) is 4. The van der Waals surface area contributed by atoms with Crippen LogP contribution in [0.3, 0.4) is 0 Å². The van der Waals surface area contributed by atoms with Gasteiger partial charge in [0.25, 0.3) is 0 Å². The van der Waals surface area contributed by atoms with Crippen LogP contribution in [0.5, 0.6) is 0 Å². The van der Waals surface area contributed by atoms with Gasteiger partial charge in [-0.25, -0.2) is 4.79 Å². The molecule has 0 aromatic carbocycles. The molecule has 2 atom stereocenters. The van der Waals surface area contributed by atoms with Crippen LogP contribution in [-0.2, 0) is 9.47 Å². The number of carbonyl (C=O) groups excluding carboxylic acids is 1. The maximum absolute atomic E-state index is 11.8. The van der Waals surface area contributed by atoms with Gasteiger partial charge >= 0.3 is 6.09 Å². The summed E-state index contributed by atoms with van der Waals surface area (Å²) in [6.45, 7) is 6.48. The summed E-state index contributed by atoms with van der Waals surface area (Å²) in [5.74, 6) is 0. The maximum atomic E-state index is 11.8. The highest BCUT2D eigenvalue weighted by Gasteiger charge is 2.32. The van der Waals surface area contributed by atoms with Crippen LogP contribution >= 0.6 is 15.9 Å². The zero-order valence-corrected chi connectivity index (χ0v) is 12.8. The first-order valence-electron chi connectivity index (χ1n) is 6.12. The Morgan fingerprint density at radius 2 is 2.32 bits per heavy atom. The van der Waals surface area contributed by atoms with Crippen molar-refractivity contribution >= 4 is 22.0 Å². The van der Waals surface area contributed by atoms with Gasteiger partial charge in [-0.1, -0.05) is 0 Å². The second-order valence-electron chi connectivity index (χ2n) is 5.50. The topological polar surface area (TPSA) is 65.4 Å². The van der Waals surface area contributed by atoms with E-state index in [4.69, 9.17) is 9.47 Å². The first kappa shape index (κ1) is 14.3. The number of aromatic nitrogens is 2. The van der Waals surface area contributed by atoms with Crippen molar-refractivity contribution in [2.45, 2.75) is 38.5 Å². The van der Waals surface area contributed by atoms with Crippen molar-refractivity contribution in [3.8, 4) is 0 Å². The Kier molecular flexibility index (Phi) is 4.15. The third-order valence-electron chi connectivity index (χ3n) is 2.66. The Balaban J connectivity index is 1.98. The minimum absolute atomic E-state index is 0.0150. The van der Waals surface area contributed by atoms with Crippen molar-refractivity contribution < 1.29 is 14.3 Å². The summed E-state index contributed by atoms with van der Waals surface area (Å²) in [6.07, 6.45) is 3.14. The minimum Gasteiger partial charge on any atom is -0.444 e. The van der Waals surface area contributed by atoms with Gasteiger partial charge in [0.15, 0.2) is 0 Å². The quantitative estimate of drug-likeness (QED) is 0.901. The number of ether oxygens (including phenoxy) is 2. The molecule has 0 aliphatic carbocycles. The van der Waals surface area contributed by atoms with Gasteiger partial charge in [-0.05, 0) is 36.7 Å². The Hall–Kier alpha value is -1.08. The molecule has 19 heavy (non-hydrogen) atoms. The molecule has 0 saturated carbocycles. The molecule has 0 radical (unpaired) electrons. The molecule has 0 bridgehead atoms. The van der Waals surface area contributed by atoms with Crippen molar-refractivity contribution in [2.75, 3.05) is 13.2 Å². The molecule has 1 aromatic rings. The molecule has 1 saturated heterocycles. The van der Waals surface area contributed by atoms with Gasteiger partial charge in [0.1, 0.15) is 5.60 Å². The molecule has 6 nitrogen and oxygen atoms in total. The highest BCUT2D eigenvalue weighted by Crippen LogP contribution is 2.21. The molecular weight excluding hydrogens is 314 g/mol. The molecule has 1 aliphatic rings. The zero-order chi connectivity index (χ0) is 14.0. The summed E-state index contributed by atoms with van der Waals surface area (Å²) >= 11 is 3.35. The number of hydrogen-bond donors (Lipinski definition) is 1. The Morgan fingerprint density at radius 1 is 1.58 bits per heavy atom. The van der Waals surface area contributed by atoms with Crippen molar-refractivity contribution in [2.24, 2.45) is 0 Å². The van der Waals surface area contributed by atoms with Gasteiger partial charge in [0.05, 0.1) is 36.0 Å². The Labute approximate surface area is 120 Å². The van der Waals surface area contributed by atoms with Crippen molar-refractivity contribution in [1.82, 2.24) is 15.1 Å². The third kappa shape index (κ3) is 3.94. The molecule has 0 unspecified atom stereocenters. The van der Waals surface area contributed by atoms with E-state index in [2.05, 4.69) is 26.3 Å². The highest BCUT2D eigenvalue weighted by atomic mass is 79.9. The monoisotopic (exact) mass is 331 g/mol. The summed E-state index contributed by atoms with van der Waals surface area (Å²) in [5.41, 5.74) is -0.506. The van der Waals surface area contributed by atoms with Crippen molar-refractivity contribution in [1.29, 1.82) is 0 Å². The third-order valence-corrected chi connectivity index (χ3v) is 3.07. The second-order valence-corrected chi connectivity index (χ2v) is 6.41. The van der Waals surface area contributed by atoms with Gasteiger partial charge < -0.3 is 14.8 Å². The van der Waals surface area contributed by atoms with E-state index in [9.17, 15) is 4.79 Å². The standard InChI is InChI=1S/C12H18BrN3O3/c1-12(2,3)19-11(17)15-9-6-18-7-10(9)16-5-8(13)4-14-16/h4-5,9-10H,6-7H2,1-3H3,(H,15,17)/t9-,10+/m1/s1. The molecule has 106 valence electrons. The van der Waals surface area contributed by atoms with Gasteiger partial charge in [0, 0.05) is 6.20 Å². The molecule has 2 heterocycles. The lowest BCUT2D eigenvalue weighted by Crippen LogP contribution is -2.43. The van der Waals surface area contributed by atoms with E-state index in [0.717, 1.165) is 4.47 Å². The number of nitrogens with zero attached hydrogens (tertiary/aromatic N) is 2. The van der Waals surface area contributed by atoms with Gasteiger partial charge in [-0.15, -0.1) is 0 Å². The summed E-state index contributed by atoms with van der Waals surface area (Å²) < 4.78 is 13.4. The molecule has 1 fully saturated rings. The van der Waals surface area contributed by atoms with E-state index in [0.29, 0.717) is 13.2 Å². The van der Waals surface area contributed by atoms with Crippen LogP contribution < -0.4 is 5.32 Å². The smallest absolute Gasteiger partial charge is 0.408 e. The number of carbonyl (C=O) groups is 1. The molecule has 1 aromatic heterocycles. The first-order chi connectivity index (χ1) is 8.85. The van der Waals surface area contributed by atoms with E-state index in [1.165, 1.54) is 0 Å². The van der Waals surface area contributed by atoms with Crippen LogP contribution in [0, 0.1) is 0 Å². The fourth-order valence-electron chi connectivity index (χ4n) is 1.90. The number of nitrogens with one attached hydrogen (secondary N) is 1. The van der Waals surface area contributed by atoms with Gasteiger partial charge in [-0.2, -0.15) is 5.10 Å². The fraction of sp³-hybridized carbons (Fsp3) is 0.667. The van der Waals surface area contributed by atoms with E-state index >= 15 is 0 Å². The summed E-state index contributed by atoms with van der Waals surface area (Å²) in [5, 5.41) is 7.06. The van der Waals surface area contributed by atoms with Crippen molar-refractivity contribution in [3.63, 3.8) is 0 Å². The average Bonchev–Trinajstić information content (AvgIpc) is 2.83. The van der Waals surface area contributed by atoms with Crippen LogP contribution in [0.4, 0.5) is 4.79 Å². The molecule has 7 heteroatoms. The Bertz CT molecular complexity index is 455. The lowest BCUT2D eigenvalue weighted by molar-refractivity contribution is 0.0491. The van der Waals surface area contributed by atoms with Gasteiger partial charge in [-0.3, -0.25) is 4.68 Å². The lowest BCUT2D eigenvalue weighted by atomic mass is 10.2. The fourth-order valence-corrected chi connectivity index (χ4v) is 2.20. The van der Waals surface area contributed by atoms with Crippen LogP contribution in [0.15, 0.2) is 16.9 Å². The molecule has 2 rings (SSSR count). The lowest BCUT2D eigenvalue weighted by Gasteiger charge is -2.23. The van der Waals surface area contributed by atoms with Crippen LogP contribution in [0.25, 0.3) is 0 Å². The van der Waals surface area contributed by atoms with Crippen LogP contribution in [0.2, 0.25) is 0 Å². The predicted molar refractivity (Wildman–Crippen MR) is 72.9 cm³/mol. The summed E-state index contributed by atoms with van der Waals surface area (Å²) in [7, 11) is 0. The molecule has 1 N–H and O–H groups in total. The molecule has 0 spiro atoms. The van der Waals surface area contributed by atoms with E-state index in [1.54, 1.807) is 10.9 Å². The average molecular weight is 332 g/mol. The molecule has 1 amide bonds. The second kappa shape index (κ2) is 5.50.